The van der Waals surface area contributed by atoms with Crippen LogP contribution >= 0.6 is 11.3 Å². The lowest BCUT2D eigenvalue weighted by Crippen LogP contribution is -2.31. The lowest BCUT2D eigenvalue weighted by molar-refractivity contribution is -0.132. The molecule has 0 spiro atoms. The number of likely N-dealkylation sites (N-methyl/N-ethyl adjacent to an activating group) is 1. The fraction of sp³-hybridized carbons (Fsp3) is 0.350. The van der Waals surface area contributed by atoms with Crippen LogP contribution < -0.4 is 4.74 Å². The first-order valence-corrected chi connectivity index (χ1v) is 9.54. The second-order valence-corrected chi connectivity index (χ2v) is 8.25. The number of aromatic nitrogens is 2. The lowest BCUT2D eigenvalue weighted by Gasteiger charge is -2.19. The third-order valence-electron chi connectivity index (χ3n) is 4.09. The van der Waals surface area contributed by atoms with Crippen molar-refractivity contribution in [1.29, 1.82) is 0 Å². The Bertz CT molecular complexity index is 880. The van der Waals surface area contributed by atoms with Gasteiger partial charge in [0.15, 0.2) is 6.61 Å². The second kappa shape index (κ2) is 7.92. The number of benzene rings is 1. The standard InChI is InChI=1S/C20H23N3O3S/c1-20(2,3)14-7-9-15(10-8-14)25-13-18(24)23(4)12-17-21-19(22-26-17)16-6-5-11-27-16/h5-11H,12-13H2,1-4H3. The highest BCUT2D eigenvalue weighted by Crippen LogP contribution is 2.24. The van der Waals surface area contributed by atoms with Crippen molar-refractivity contribution < 1.29 is 14.1 Å². The number of amides is 1. The molecule has 142 valence electrons. The van der Waals surface area contributed by atoms with Gasteiger partial charge in [-0.3, -0.25) is 4.79 Å². The van der Waals surface area contributed by atoms with Crippen molar-refractivity contribution >= 4 is 17.2 Å². The van der Waals surface area contributed by atoms with E-state index in [-0.39, 0.29) is 24.5 Å². The average molecular weight is 385 g/mol. The van der Waals surface area contributed by atoms with Gasteiger partial charge in [0.25, 0.3) is 5.91 Å². The monoisotopic (exact) mass is 385 g/mol. The highest BCUT2D eigenvalue weighted by Gasteiger charge is 2.16. The van der Waals surface area contributed by atoms with Crippen LogP contribution in [-0.4, -0.2) is 34.6 Å². The van der Waals surface area contributed by atoms with Crippen LogP contribution in [0.15, 0.2) is 46.3 Å². The summed E-state index contributed by atoms with van der Waals surface area (Å²) >= 11 is 1.54. The summed E-state index contributed by atoms with van der Waals surface area (Å²) in [5, 5.41) is 5.90. The molecule has 1 amide bonds. The van der Waals surface area contributed by atoms with Crippen molar-refractivity contribution in [2.45, 2.75) is 32.7 Å². The molecule has 2 heterocycles. The zero-order valence-electron chi connectivity index (χ0n) is 15.9. The van der Waals surface area contributed by atoms with Gasteiger partial charge in [-0.1, -0.05) is 44.1 Å². The summed E-state index contributed by atoms with van der Waals surface area (Å²) in [4.78, 5) is 19.1. The number of nitrogens with zero attached hydrogens (tertiary/aromatic N) is 3. The molecular formula is C20H23N3O3S. The summed E-state index contributed by atoms with van der Waals surface area (Å²) in [6, 6.07) is 11.7. The molecule has 27 heavy (non-hydrogen) atoms. The SMILES string of the molecule is CN(Cc1nc(-c2cccs2)no1)C(=O)COc1ccc(C(C)(C)C)cc1. The second-order valence-electron chi connectivity index (χ2n) is 7.30. The Morgan fingerprint density at radius 3 is 2.59 bits per heavy atom. The van der Waals surface area contributed by atoms with Gasteiger partial charge in [-0.15, -0.1) is 11.3 Å². The smallest absolute Gasteiger partial charge is 0.260 e. The molecule has 6 nitrogen and oxygen atoms in total. The van der Waals surface area contributed by atoms with Gasteiger partial charge in [-0.05, 0) is 34.6 Å². The van der Waals surface area contributed by atoms with Crippen molar-refractivity contribution in [2.24, 2.45) is 0 Å². The summed E-state index contributed by atoms with van der Waals surface area (Å²) < 4.78 is 10.8. The summed E-state index contributed by atoms with van der Waals surface area (Å²) in [5.41, 5.74) is 1.30. The molecular weight excluding hydrogens is 362 g/mol. The number of carbonyl (C=O) groups excluding carboxylic acids is 1. The van der Waals surface area contributed by atoms with E-state index in [1.54, 1.807) is 7.05 Å². The van der Waals surface area contributed by atoms with Crippen LogP contribution in [0.25, 0.3) is 10.7 Å². The Balaban J connectivity index is 1.52. The average Bonchev–Trinajstić information content (AvgIpc) is 3.30. The molecule has 7 heteroatoms. The maximum absolute atomic E-state index is 12.3. The normalized spacial score (nSPS) is 11.4. The number of hydrogen-bond donors (Lipinski definition) is 0. The summed E-state index contributed by atoms with van der Waals surface area (Å²) in [6.07, 6.45) is 0. The van der Waals surface area contributed by atoms with Crippen LogP contribution in [0, 0.1) is 0 Å². The van der Waals surface area contributed by atoms with Gasteiger partial charge in [0, 0.05) is 7.05 Å². The van der Waals surface area contributed by atoms with E-state index in [0.717, 1.165) is 4.88 Å². The molecule has 2 aromatic heterocycles. The fourth-order valence-electron chi connectivity index (χ4n) is 2.42. The Hall–Kier alpha value is -2.67. The van der Waals surface area contributed by atoms with Crippen LogP contribution in [0.2, 0.25) is 0 Å². The number of thiophene rings is 1. The van der Waals surface area contributed by atoms with Gasteiger partial charge < -0.3 is 14.2 Å². The van der Waals surface area contributed by atoms with Crippen molar-refractivity contribution in [3.8, 4) is 16.5 Å². The van der Waals surface area contributed by atoms with Crippen LogP contribution in [0.3, 0.4) is 0 Å². The fourth-order valence-corrected chi connectivity index (χ4v) is 3.07. The van der Waals surface area contributed by atoms with Crippen LogP contribution in [0.4, 0.5) is 0 Å². The minimum atomic E-state index is -0.161. The van der Waals surface area contributed by atoms with E-state index in [2.05, 4.69) is 30.9 Å². The zero-order valence-corrected chi connectivity index (χ0v) is 16.7. The predicted molar refractivity (Wildman–Crippen MR) is 105 cm³/mol. The molecule has 3 rings (SSSR count). The first-order chi connectivity index (χ1) is 12.8. The van der Waals surface area contributed by atoms with Crippen LogP contribution in [0.5, 0.6) is 5.75 Å². The van der Waals surface area contributed by atoms with Crippen molar-refractivity contribution in [1.82, 2.24) is 15.0 Å². The first-order valence-electron chi connectivity index (χ1n) is 8.67. The number of hydrogen-bond acceptors (Lipinski definition) is 6. The summed E-state index contributed by atoms with van der Waals surface area (Å²) in [6.45, 7) is 6.66. The van der Waals surface area contributed by atoms with E-state index in [4.69, 9.17) is 9.26 Å². The maximum atomic E-state index is 12.3. The highest BCUT2D eigenvalue weighted by molar-refractivity contribution is 7.13. The van der Waals surface area contributed by atoms with Gasteiger partial charge in [0.1, 0.15) is 5.75 Å². The Kier molecular flexibility index (Phi) is 5.60. The largest absolute Gasteiger partial charge is 0.484 e. The third-order valence-corrected chi connectivity index (χ3v) is 4.96. The van der Waals surface area contributed by atoms with Crippen molar-refractivity contribution in [3.05, 3.63) is 53.2 Å². The predicted octanol–water partition coefficient (Wildman–Crippen LogP) is 4.13. The highest BCUT2D eigenvalue weighted by atomic mass is 32.1. The molecule has 0 aliphatic rings. The molecule has 0 unspecified atom stereocenters. The lowest BCUT2D eigenvalue weighted by atomic mass is 9.87. The quantitative estimate of drug-likeness (QED) is 0.638. The number of ether oxygens (including phenoxy) is 1. The minimum absolute atomic E-state index is 0.0444. The van der Waals surface area contributed by atoms with E-state index < -0.39 is 0 Å². The zero-order chi connectivity index (χ0) is 19.4. The number of carbonyl (C=O) groups is 1. The Morgan fingerprint density at radius 2 is 1.96 bits per heavy atom. The van der Waals surface area contributed by atoms with Gasteiger partial charge in [0.2, 0.25) is 11.7 Å². The molecule has 0 bridgehead atoms. The van der Waals surface area contributed by atoms with E-state index in [1.807, 2.05) is 41.8 Å². The molecule has 0 aliphatic carbocycles. The van der Waals surface area contributed by atoms with E-state index in [9.17, 15) is 4.79 Å². The van der Waals surface area contributed by atoms with E-state index in [1.165, 1.54) is 21.8 Å². The Morgan fingerprint density at radius 1 is 1.22 bits per heavy atom. The topological polar surface area (TPSA) is 68.5 Å². The molecule has 3 aromatic rings. The van der Waals surface area contributed by atoms with Gasteiger partial charge in [-0.25, -0.2) is 0 Å². The first kappa shape index (κ1) is 19.1. The van der Waals surface area contributed by atoms with E-state index >= 15 is 0 Å². The molecule has 0 saturated heterocycles. The van der Waals surface area contributed by atoms with Gasteiger partial charge >= 0.3 is 0 Å². The summed E-state index contributed by atoms with van der Waals surface area (Å²) in [7, 11) is 1.68. The van der Waals surface area contributed by atoms with Crippen LogP contribution in [0.1, 0.15) is 32.2 Å². The van der Waals surface area contributed by atoms with Gasteiger partial charge in [-0.2, -0.15) is 4.98 Å². The molecule has 1 aromatic carbocycles. The van der Waals surface area contributed by atoms with Crippen molar-refractivity contribution in [3.63, 3.8) is 0 Å². The molecule has 0 N–H and O–H groups in total. The van der Waals surface area contributed by atoms with Crippen molar-refractivity contribution in [2.75, 3.05) is 13.7 Å². The molecule has 0 radical (unpaired) electrons. The van der Waals surface area contributed by atoms with Gasteiger partial charge in [0.05, 0.1) is 11.4 Å². The summed E-state index contributed by atoms with van der Waals surface area (Å²) in [5.74, 6) is 1.44. The Labute approximate surface area is 162 Å². The molecule has 0 atom stereocenters. The molecule has 0 saturated carbocycles. The molecule has 0 fully saturated rings. The maximum Gasteiger partial charge on any atom is 0.260 e. The van der Waals surface area contributed by atoms with Crippen LogP contribution in [-0.2, 0) is 16.8 Å². The minimum Gasteiger partial charge on any atom is -0.484 e. The molecule has 0 aliphatic heterocycles. The number of rotatable bonds is 6. The van der Waals surface area contributed by atoms with E-state index in [0.29, 0.717) is 17.5 Å². The third kappa shape index (κ3) is 4.95.